The summed E-state index contributed by atoms with van der Waals surface area (Å²) in [5, 5.41) is 0. The number of carbonyl (C=O) groups is 2. The SMILES string of the molecule is CC(=O)c1ccc2n1CCN(C)C21CCN(C(=O)c2ccc(S(=O)(=O)C(F)F)cc2)CC1. The quantitative estimate of drug-likeness (QED) is 0.649. The number of likely N-dealkylation sites (N-methyl/N-ethyl adjacent to an activating group) is 1. The number of benzene rings is 1. The van der Waals surface area contributed by atoms with E-state index in [0.29, 0.717) is 31.6 Å². The van der Waals surface area contributed by atoms with Crippen LogP contribution in [-0.2, 0) is 21.9 Å². The van der Waals surface area contributed by atoms with Crippen LogP contribution in [0.5, 0.6) is 0 Å². The highest BCUT2D eigenvalue weighted by Crippen LogP contribution is 2.41. The molecule has 2 aromatic rings. The summed E-state index contributed by atoms with van der Waals surface area (Å²) in [6.07, 6.45) is 1.38. The van der Waals surface area contributed by atoms with E-state index < -0.39 is 20.5 Å². The molecule has 32 heavy (non-hydrogen) atoms. The fraction of sp³-hybridized carbons (Fsp3) is 0.455. The first-order valence-corrected chi connectivity index (χ1v) is 12.0. The van der Waals surface area contributed by atoms with Crippen molar-refractivity contribution < 1.29 is 26.8 Å². The van der Waals surface area contributed by atoms with E-state index in [9.17, 15) is 26.8 Å². The van der Waals surface area contributed by atoms with Crippen molar-refractivity contribution in [3.63, 3.8) is 0 Å². The lowest BCUT2D eigenvalue weighted by Crippen LogP contribution is -2.56. The van der Waals surface area contributed by atoms with Crippen molar-refractivity contribution in [1.29, 1.82) is 0 Å². The van der Waals surface area contributed by atoms with Crippen LogP contribution in [0.3, 0.4) is 0 Å². The summed E-state index contributed by atoms with van der Waals surface area (Å²) >= 11 is 0. The van der Waals surface area contributed by atoms with Gasteiger partial charge in [0.1, 0.15) is 0 Å². The summed E-state index contributed by atoms with van der Waals surface area (Å²) in [5.41, 5.74) is 1.78. The Labute approximate surface area is 185 Å². The molecular formula is C22H25F2N3O4S. The lowest BCUT2D eigenvalue weighted by Gasteiger charge is -2.50. The highest BCUT2D eigenvalue weighted by Gasteiger charge is 2.45. The smallest absolute Gasteiger partial charge is 0.339 e. The second-order valence-electron chi connectivity index (χ2n) is 8.39. The van der Waals surface area contributed by atoms with Crippen LogP contribution in [0, 0.1) is 0 Å². The van der Waals surface area contributed by atoms with Crippen LogP contribution in [0.15, 0.2) is 41.3 Å². The lowest BCUT2D eigenvalue weighted by atomic mass is 9.81. The lowest BCUT2D eigenvalue weighted by molar-refractivity contribution is 0.0128. The van der Waals surface area contributed by atoms with E-state index in [1.807, 2.05) is 12.1 Å². The zero-order valence-corrected chi connectivity index (χ0v) is 18.7. The van der Waals surface area contributed by atoms with Gasteiger partial charge in [-0.1, -0.05) is 0 Å². The van der Waals surface area contributed by atoms with Crippen molar-refractivity contribution in [3.8, 4) is 0 Å². The molecule has 1 fully saturated rings. The molecule has 0 saturated carbocycles. The molecule has 7 nitrogen and oxygen atoms in total. The van der Waals surface area contributed by atoms with Crippen molar-refractivity contribution in [2.45, 2.75) is 42.5 Å². The van der Waals surface area contributed by atoms with Crippen LogP contribution >= 0.6 is 0 Å². The highest BCUT2D eigenvalue weighted by molar-refractivity contribution is 7.91. The van der Waals surface area contributed by atoms with E-state index >= 15 is 0 Å². The summed E-state index contributed by atoms with van der Waals surface area (Å²) < 4.78 is 50.7. The number of fused-ring (bicyclic) bond motifs is 2. The zero-order valence-electron chi connectivity index (χ0n) is 17.9. The van der Waals surface area contributed by atoms with Gasteiger partial charge in [-0.15, -0.1) is 0 Å². The first kappa shape index (κ1) is 22.6. The molecule has 0 N–H and O–H groups in total. The van der Waals surface area contributed by atoms with Gasteiger partial charge in [-0.2, -0.15) is 8.78 Å². The summed E-state index contributed by atoms with van der Waals surface area (Å²) in [5.74, 6) is -3.74. The summed E-state index contributed by atoms with van der Waals surface area (Å²) in [7, 11) is -2.63. The third-order valence-corrected chi connectivity index (χ3v) is 8.15. The Morgan fingerprint density at radius 3 is 2.16 bits per heavy atom. The van der Waals surface area contributed by atoms with Crippen LogP contribution in [0.1, 0.15) is 46.3 Å². The van der Waals surface area contributed by atoms with E-state index in [0.717, 1.165) is 30.9 Å². The van der Waals surface area contributed by atoms with Crippen molar-refractivity contribution in [3.05, 3.63) is 53.3 Å². The van der Waals surface area contributed by atoms with E-state index in [1.165, 1.54) is 12.1 Å². The third kappa shape index (κ3) is 3.55. The van der Waals surface area contributed by atoms with Crippen LogP contribution < -0.4 is 0 Å². The largest absolute Gasteiger partial charge is 0.341 e. The highest BCUT2D eigenvalue weighted by atomic mass is 32.2. The molecule has 0 aliphatic carbocycles. The van der Waals surface area contributed by atoms with Gasteiger partial charge in [-0.3, -0.25) is 14.5 Å². The maximum absolute atomic E-state index is 13.0. The number of carbonyl (C=O) groups excluding carboxylic acids is 2. The number of halogens is 2. The molecule has 0 bridgehead atoms. The first-order valence-electron chi connectivity index (χ1n) is 10.4. The van der Waals surface area contributed by atoms with Gasteiger partial charge in [0.15, 0.2) is 5.78 Å². The second-order valence-corrected chi connectivity index (χ2v) is 10.3. The molecule has 2 aliphatic rings. The van der Waals surface area contributed by atoms with E-state index in [1.54, 1.807) is 11.8 Å². The molecule has 172 valence electrons. The number of sulfone groups is 1. The Morgan fingerprint density at radius 2 is 1.59 bits per heavy atom. The maximum atomic E-state index is 13.0. The number of ketones is 1. The van der Waals surface area contributed by atoms with Crippen LogP contribution in [-0.4, -0.2) is 66.9 Å². The number of hydrogen-bond acceptors (Lipinski definition) is 5. The van der Waals surface area contributed by atoms with Crippen molar-refractivity contribution in [2.75, 3.05) is 26.7 Å². The number of aromatic nitrogens is 1. The van der Waals surface area contributed by atoms with Gasteiger partial charge in [-0.05, 0) is 56.3 Å². The van der Waals surface area contributed by atoms with Gasteiger partial charge in [0.25, 0.3) is 5.91 Å². The molecule has 3 heterocycles. The zero-order chi connectivity index (χ0) is 23.3. The molecule has 1 aromatic carbocycles. The summed E-state index contributed by atoms with van der Waals surface area (Å²) in [4.78, 5) is 28.4. The molecule has 0 radical (unpaired) electrons. The molecule has 1 aromatic heterocycles. The number of rotatable bonds is 4. The van der Waals surface area contributed by atoms with E-state index in [4.69, 9.17) is 0 Å². The minimum absolute atomic E-state index is 0.0286. The Balaban J connectivity index is 1.52. The number of nitrogens with zero attached hydrogens (tertiary/aromatic N) is 3. The summed E-state index contributed by atoms with van der Waals surface area (Å²) in [6, 6.07) is 8.52. The number of hydrogen-bond donors (Lipinski definition) is 0. The number of likely N-dealkylation sites (tertiary alicyclic amines) is 1. The first-order chi connectivity index (χ1) is 15.1. The monoisotopic (exact) mass is 465 g/mol. The average molecular weight is 466 g/mol. The normalized spacial score (nSPS) is 18.7. The number of piperidine rings is 1. The molecule has 4 rings (SSSR count). The standard InChI is InChI=1S/C22H25F2N3O4S/c1-15(28)18-7-8-19-22(25(2)13-14-27(18)19)9-11-26(12-10-22)20(29)16-3-5-17(6-4-16)32(30,31)21(23)24/h3-8,21H,9-14H2,1-2H3. The topological polar surface area (TPSA) is 79.7 Å². The van der Waals surface area contributed by atoms with Gasteiger partial charge in [0.05, 0.1) is 16.1 Å². The molecule has 0 atom stereocenters. The second kappa shape index (κ2) is 8.08. The average Bonchev–Trinajstić information content (AvgIpc) is 3.22. The minimum Gasteiger partial charge on any atom is -0.339 e. The van der Waals surface area contributed by atoms with Gasteiger partial charge >= 0.3 is 5.76 Å². The number of amides is 1. The molecule has 1 saturated heterocycles. The van der Waals surface area contributed by atoms with Crippen LogP contribution in [0.25, 0.3) is 0 Å². The molecule has 0 unspecified atom stereocenters. The van der Waals surface area contributed by atoms with Crippen LogP contribution in [0.4, 0.5) is 8.78 Å². The predicted molar refractivity (Wildman–Crippen MR) is 114 cm³/mol. The predicted octanol–water partition coefficient (Wildman–Crippen LogP) is 2.76. The van der Waals surface area contributed by atoms with Gasteiger partial charge in [0, 0.05) is 44.4 Å². The van der Waals surface area contributed by atoms with E-state index in [2.05, 4.69) is 16.5 Å². The number of alkyl halides is 2. The molecule has 2 aliphatic heterocycles. The van der Waals surface area contributed by atoms with Crippen LogP contribution in [0.2, 0.25) is 0 Å². The molecular weight excluding hydrogens is 440 g/mol. The molecule has 10 heteroatoms. The Hall–Kier alpha value is -2.59. The van der Waals surface area contributed by atoms with E-state index in [-0.39, 0.29) is 22.8 Å². The Morgan fingerprint density at radius 1 is 0.969 bits per heavy atom. The minimum atomic E-state index is -4.69. The Bertz CT molecular complexity index is 1150. The van der Waals surface area contributed by atoms with Gasteiger partial charge in [0.2, 0.25) is 9.84 Å². The fourth-order valence-electron chi connectivity index (χ4n) is 4.87. The van der Waals surface area contributed by atoms with Gasteiger partial charge in [-0.25, -0.2) is 8.42 Å². The van der Waals surface area contributed by atoms with Crippen molar-refractivity contribution >= 4 is 21.5 Å². The third-order valence-electron chi connectivity index (χ3n) is 6.75. The fourth-order valence-corrected chi connectivity index (χ4v) is 5.59. The maximum Gasteiger partial charge on any atom is 0.341 e. The molecule has 1 amide bonds. The molecule has 1 spiro atoms. The number of Topliss-reactive ketones (excluding diaryl/α,β-unsaturated/α-hetero) is 1. The summed E-state index contributed by atoms with van der Waals surface area (Å²) in [6.45, 7) is 4.08. The van der Waals surface area contributed by atoms with Gasteiger partial charge < -0.3 is 9.47 Å². The van der Waals surface area contributed by atoms with Crippen molar-refractivity contribution in [1.82, 2.24) is 14.4 Å². The Kier molecular flexibility index (Phi) is 5.70. The van der Waals surface area contributed by atoms with Crippen molar-refractivity contribution in [2.24, 2.45) is 0 Å².